The Morgan fingerprint density at radius 2 is 1.82 bits per heavy atom. The average Bonchev–Trinajstić information content (AvgIpc) is 3.55. The number of fused-ring (bicyclic) bond motifs is 4. The van der Waals surface area contributed by atoms with Gasteiger partial charge in [-0.05, 0) is 93.8 Å². The Hall–Kier alpha value is -5.41. The second-order valence-electron chi connectivity index (χ2n) is 16.2. The van der Waals surface area contributed by atoms with E-state index in [0.29, 0.717) is 48.6 Å². The molecule has 2 aromatic heterocycles. The highest BCUT2D eigenvalue weighted by atomic mass is 19.1. The van der Waals surface area contributed by atoms with Crippen LogP contribution in [0.4, 0.5) is 15.0 Å². The molecular formula is C43H45FN6O5. The van der Waals surface area contributed by atoms with E-state index >= 15 is 4.39 Å². The van der Waals surface area contributed by atoms with E-state index in [9.17, 15) is 4.79 Å². The van der Waals surface area contributed by atoms with Crippen molar-refractivity contribution in [3.8, 4) is 35.2 Å². The Kier molecular flexibility index (Phi) is 8.80. The van der Waals surface area contributed by atoms with Gasteiger partial charge in [0, 0.05) is 53.4 Å². The summed E-state index contributed by atoms with van der Waals surface area (Å²) in [5.41, 5.74) is 5.40. The SMILES string of the molecule is C#Cc1ccc(COc2c(-c3c(C)c(F)cc4[nH]ncc34)c(C3CC3)cc3c(N4C[C@@H]5C[C@H]4CN5C(=O)OC(C)(C)C)nc(OC4CCOCC4)nc23)cc1. The topological polar surface area (TPSA) is 115 Å². The lowest BCUT2D eigenvalue weighted by Crippen LogP contribution is -2.50. The monoisotopic (exact) mass is 744 g/mol. The van der Waals surface area contributed by atoms with Gasteiger partial charge in [-0.3, -0.25) is 5.10 Å². The number of H-pyrrole nitrogens is 1. The van der Waals surface area contributed by atoms with E-state index < -0.39 is 5.60 Å². The number of nitrogens with zero attached hydrogens (tertiary/aromatic N) is 5. The standard InChI is InChI=1S/C43H45FN6O5/c1-6-25-7-9-26(10-8-25)23-53-39-37(36-24(2)34(44)19-35-33(36)20-45-48-35)31(27-11-12-27)18-32-38(39)46-41(54-30-13-15-52-16-14-30)47-40(32)49-21-29-17-28(49)22-50(29)42(51)55-43(3,4)5/h1,7-10,18-20,27-30H,11-17,21-23H2,2-5H3,(H,45,48)/t28-,29-/m0/s1. The quantitative estimate of drug-likeness (QED) is 0.159. The minimum absolute atomic E-state index is 0.0191. The third kappa shape index (κ3) is 6.69. The van der Waals surface area contributed by atoms with Crippen molar-refractivity contribution >= 4 is 33.7 Å². The van der Waals surface area contributed by atoms with Crippen molar-refractivity contribution < 1.29 is 28.1 Å². The molecule has 1 aliphatic carbocycles. The predicted octanol–water partition coefficient (Wildman–Crippen LogP) is 7.81. The second kappa shape index (κ2) is 13.7. The number of amides is 1. The zero-order valence-electron chi connectivity index (χ0n) is 31.7. The first-order chi connectivity index (χ1) is 26.5. The highest BCUT2D eigenvalue weighted by molar-refractivity contribution is 6.06. The summed E-state index contributed by atoms with van der Waals surface area (Å²) in [7, 11) is 0. The third-order valence-electron chi connectivity index (χ3n) is 11.2. The average molecular weight is 745 g/mol. The zero-order chi connectivity index (χ0) is 38.0. The summed E-state index contributed by atoms with van der Waals surface area (Å²) in [6, 6.07) is 11.6. The van der Waals surface area contributed by atoms with Gasteiger partial charge >= 0.3 is 12.1 Å². The zero-order valence-corrected chi connectivity index (χ0v) is 31.7. The minimum Gasteiger partial charge on any atom is -0.486 e. The number of hydrogen-bond donors (Lipinski definition) is 1. The normalized spacial score (nSPS) is 20.0. The van der Waals surface area contributed by atoms with Crippen LogP contribution in [0, 0.1) is 25.1 Å². The fourth-order valence-electron chi connectivity index (χ4n) is 8.36. The fraction of sp³-hybridized carbons (Fsp3) is 0.442. The maximum absolute atomic E-state index is 15.8. The lowest BCUT2D eigenvalue weighted by molar-refractivity contribution is 0.0206. The fourth-order valence-corrected chi connectivity index (χ4v) is 8.36. The summed E-state index contributed by atoms with van der Waals surface area (Å²) in [4.78, 5) is 27.7. The van der Waals surface area contributed by atoms with Crippen LogP contribution >= 0.6 is 0 Å². The van der Waals surface area contributed by atoms with Crippen molar-refractivity contribution in [3.05, 3.63) is 70.7 Å². The number of anilines is 1. The van der Waals surface area contributed by atoms with Gasteiger partial charge in [0.25, 0.3) is 0 Å². The molecule has 1 N–H and O–H groups in total. The van der Waals surface area contributed by atoms with Gasteiger partial charge in [-0.2, -0.15) is 15.1 Å². The lowest BCUT2D eigenvalue weighted by Gasteiger charge is -2.36. The number of hydrogen-bond acceptors (Lipinski definition) is 9. The number of aromatic amines is 1. The Morgan fingerprint density at radius 1 is 1.04 bits per heavy atom. The highest BCUT2D eigenvalue weighted by Crippen LogP contribution is 2.53. The van der Waals surface area contributed by atoms with Crippen molar-refractivity contribution in [2.75, 3.05) is 31.2 Å². The molecule has 2 atom stereocenters. The number of rotatable bonds is 8. The largest absolute Gasteiger partial charge is 0.486 e. The molecule has 11 nitrogen and oxygen atoms in total. The molecule has 55 heavy (non-hydrogen) atoms. The van der Waals surface area contributed by atoms with Crippen LogP contribution < -0.4 is 14.4 Å². The van der Waals surface area contributed by atoms with Crippen molar-refractivity contribution in [1.82, 2.24) is 25.1 Å². The van der Waals surface area contributed by atoms with E-state index in [2.05, 4.69) is 27.1 Å². The van der Waals surface area contributed by atoms with Crippen molar-refractivity contribution in [3.63, 3.8) is 0 Å². The van der Waals surface area contributed by atoms with Crippen LogP contribution in [0.25, 0.3) is 32.9 Å². The molecule has 12 heteroatoms. The van der Waals surface area contributed by atoms with Gasteiger partial charge in [0.1, 0.15) is 35.5 Å². The number of halogens is 1. The summed E-state index contributed by atoms with van der Waals surface area (Å²) >= 11 is 0. The number of nitrogens with one attached hydrogen (secondary N) is 1. The minimum atomic E-state index is -0.587. The molecule has 0 radical (unpaired) electrons. The van der Waals surface area contributed by atoms with Crippen LogP contribution in [0.3, 0.4) is 0 Å². The summed E-state index contributed by atoms with van der Waals surface area (Å²) in [5, 5.41) is 8.93. The Morgan fingerprint density at radius 3 is 2.51 bits per heavy atom. The molecule has 0 spiro atoms. The molecular weight excluding hydrogens is 700 g/mol. The van der Waals surface area contributed by atoms with Gasteiger partial charge in [-0.15, -0.1) is 6.42 Å². The molecule has 4 fully saturated rings. The number of carbonyl (C=O) groups excluding carboxylic acids is 1. The van der Waals surface area contributed by atoms with Crippen LogP contribution in [0.1, 0.15) is 81.0 Å². The van der Waals surface area contributed by atoms with E-state index in [1.807, 2.05) is 56.9 Å². The van der Waals surface area contributed by atoms with E-state index in [1.165, 1.54) is 6.07 Å². The molecule has 3 aliphatic heterocycles. The smallest absolute Gasteiger partial charge is 0.410 e. The summed E-state index contributed by atoms with van der Waals surface area (Å²) < 4.78 is 40.8. The van der Waals surface area contributed by atoms with Crippen molar-refractivity contribution in [2.24, 2.45) is 0 Å². The number of benzene rings is 3. The Labute approximate surface area is 319 Å². The number of aromatic nitrogens is 4. The number of piperazine rings is 1. The first-order valence-electron chi connectivity index (χ1n) is 19.2. The number of terminal acetylenes is 1. The van der Waals surface area contributed by atoms with Crippen molar-refractivity contribution in [1.29, 1.82) is 0 Å². The molecule has 1 amide bonds. The maximum Gasteiger partial charge on any atom is 0.410 e. The summed E-state index contributed by atoms with van der Waals surface area (Å²) in [6.07, 6.45) is 11.2. The van der Waals surface area contributed by atoms with Crippen molar-refractivity contribution in [2.45, 2.75) is 96.1 Å². The molecule has 3 saturated heterocycles. The number of ether oxygens (including phenoxy) is 4. The third-order valence-corrected chi connectivity index (χ3v) is 11.2. The van der Waals surface area contributed by atoms with Crippen LogP contribution in [-0.4, -0.2) is 81.3 Å². The van der Waals surface area contributed by atoms with E-state index in [-0.39, 0.29) is 48.6 Å². The number of likely N-dealkylation sites (tertiary alicyclic amines) is 1. The van der Waals surface area contributed by atoms with Crippen LogP contribution in [0.2, 0.25) is 0 Å². The molecule has 4 aliphatic rings. The Bertz CT molecular complexity index is 2340. The van der Waals surface area contributed by atoms with Crippen LogP contribution in [0.5, 0.6) is 11.8 Å². The van der Waals surface area contributed by atoms with Gasteiger partial charge in [0.2, 0.25) is 0 Å². The van der Waals surface area contributed by atoms with Gasteiger partial charge in [-0.1, -0.05) is 18.1 Å². The van der Waals surface area contributed by atoms with Gasteiger partial charge < -0.3 is 28.7 Å². The summed E-state index contributed by atoms with van der Waals surface area (Å²) in [5.74, 6) is 3.87. The highest BCUT2D eigenvalue weighted by Gasteiger charge is 2.48. The predicted molar refractivity (Wildman–Crippen MR) is 207 cm³/mol. The van der Waals surface area contributed by atoms with Gasteiger partial charge in [0.05, 0.1) is 37.0 Å². The van der Waals surface area contributed by atoms with Crippen LogP contribution in [0.15, 0.2) is 42.6 Å². The first kappa shape index (κ1) is 35.3. The molecule has 2 bridgehead atoms. The van der Waals surface area contributed by atoms with Crippen LogP contribution in [-0.2, 0) is 16.1 Å². The van der Waals surface area contributed by atoms with E-state index in [0.717, 1.165) is 76.5 Å². The molecule has 5 aromatic rings. The molecule has 1 saturated carbocycles. The molecule has 284 valence electrons. The first-order valence-corrected chi connectivity index (χ1v) is 19.2. The Balaban J connectivity index is 1.24. The lowest BCUT2D eigenvalue weighted by atomic mass is 9.88. The van der Waals surface area contributed by atoms with E-state index in [4.69, 9.17) is 35.3 Å². The molecule has 0 unspecified atom stereocenters. The number of carbonyl (C=O) groups is 1. The van der Waals surface area contributed by atoms with E-state index in [1.54, 1.807) is 6.20 Å². The second-order valence-corrected chi connectivity index (χ2v) is 16.2. The molecule has 5 heterocycles. The maximum atomic E-state index is 15.8. The molecule has 3 aromatic carbocycles. The molecule has 9 rings (SSSR count). The summed E-state index contributed by atoms with van der Waals surface area (Å²) in [6.45, 7) is 10.0. The van der Waals surface area contributed by atoms with Gasteiger partial charge in [0.15, 0.2) is 5.75 Å². The van der Waals surface area contributed by atoms with Gasteiger partial charge in [-0.25, -0.2) is 9.18 Å².